The van der Waals surface area contributed by atoms with Crippen LogP contribution in [0.25, 0.3) is 0 Å². The van der Waals surface area contributed by atoms with Crippen LogP contribution in [0.1, 0.15) is 71.6 Å². The van der Waals surface area contributed by atoms with Crippen molar-refractivity contribution in [2.75, 3.05) is 13.1 Å². The van der Waals surface area contributed by atoms with E-state index in [1.54, 1.807) is 0 Å². The van der Waals surface area contributed by atoms with Gasteiger partial charge in [-0.25, -0.2) is 0 Å². The normalized spacial score (nSPS) is 17.6. The molecule has 1 saturated carbocycles. The largest absolute Gasteiger partial charge is 0.340 e. The summed E-state index contributed by atoms with van der Waals surface area (Å²) in [4.78, 5) is 14.5. The van der Waals surface area contributed by atoms with Gasteiger partial charge in [-0.15, -0.1) is 0 Å². The maximum Gasteiger partial charge on any atom is 0.222 e. The molecule has 0 bridgehead atoms. The first-order valence-corrected chi connectivity index (χ1v) is 8.22. The second-order valence-corrected chi connectivity index (χ2v) is 5.89. The second kappa shape index (κ2) is 9.35. The Morgan fingerprint density at radius 1 is 1.21 bits per heavy atom. The summed E-state index contributed by atoms with van der Waals surface area (Å²) in [5.41, 5.74) is 5.66. The number of nitrogens with zero attached hydrogens (tertiary/aromatic N) is 1. The summed E-state index contributed by atoms with van der Waals surface area (Å²) in [7, 11) is 0. The fourth-order valence-electron chi connectivity index (χ4n) is 3.40. The van der Waals surface area contributed by atoms with Crippen molar-refractivity contribution in [3.8, 4) is 0 Å². The molecule has 112 valence electrons. The molecule has 1 amide bonds. The summed E-state index contributed by atoms with van der Waals surface area (Å²) in [6.45, 7) is 5.94. The monoisotopic (exact) mass is 268 g/mol. The molecule has 2 N–H and O–H groups in total. The summed E-state index contributed by atoms with van der Waals surface area (Å²) in [6.07, 6.45) is 10.2. The Labute approximate surface area is 118 Å². The molecular formula is C16H32N2O. The van der Waals surface area contributed by atoms with Gasteiger partial charge in [0, 0.05) is 19.0 Å². The molecule has 1 aliphatic carbocycles. The van der Waals surface area contributed by atoms with Crippen LogP contribution in [-0.2, 0) is 4.79 Å². The summed E-state index contributed by atoms with van der Waals surface area (Å²) in [6, 6.07) is 0.525. The Bertz CT molecular complexity index is 243. The highest BCUT2D eigenvalue weighted by molar-refractivity contribution is 5.76. The van der Waals surface area contributed by atoms with Crippen molar-refractivity contribution in [2.45, 2.75) is 77.7 Å². The molecule has 1 rings (SSSR count). The van der Waals surface area contributed by atoms with E-state index in [4.69, 9.17) is 5.73 Å². The number of hydrogen-bond donors (Lipinski definition) is 1. The number of carbonyl (C=O) groups excluding carboxylic acids is 1. The van der Waals surface area contributed by atoms with Crippen molar-refractivity contribution in [1.29, 1.82) is 0 Å². The SMILES string of the molecule is CCCC(CCN)CCC(=O)N(CC)C1CCCC1. The topological polar surface area (TPSA) is 46.3 Å². The smallest absolute Gasteiger partial charge is 0.222 e. The molecule has 0 spiro atoms. The van der Waals surface area contributed by atoms with Crippen molar-refractivity contribution in [3.05, 3.63) is 0 Å². The van der Waals surface area contributed by atoms with Gasteiger partial charge in [0.1, 0.15) is 0 Å². The molecular weight excluding hydrogens is 236 g/mol. The standard InChI is InChI=1S/C16H32N2O/c1-3-7-14(12-13-17)10-11-16(19)18(4-2)15-8-5-6-9-15/h14-15H,3-13,17H2,1-2H3. The Morgan fingerprint density at radius 2 is 1.89 bits per heavy atom. The van der Waals surface area contributed by atoms with Crippen LogP contribution in [0.5, 0.6) is 0 Å². The molecule has 0 heterocycles. The zero-order valence-electron chi connectivity index (χ0n) is 12.9. The summed E-state index contributed by atoms with van der Waals surface area (Å²) >= 11 is 0. The average molecular weight is 268 g/mol. The molecule has 0 radical (unpaired) electrons. The van der Waals surface area contributed by atoms with Crippen LogP contribution in [0.3, 0.4) is 0 Å². The minimum absolute atomic E-state index is 0.368. The highest BCUT2D eigenvalue weighted by Crippen LogP contribution is 2.25. The number of rotatable bonds is 9. The fraction of sp³-hybridized carbons (Fsp3) is 0.938. The molecule has 0 aliphatic heterocycles. The van der Waals surface area contributed by atoms with Crippen LogP contribution in [0.15, 0.2) is 0 Å². The maximum atomic E-state index is 12.4. The molecule has 0 aromatic carbocycles. The van der Waals surface area contributed by atoms with Gasteiger partial charge in [0.15, 0.2) is 0 Å². The summed E-state index contributed by atoms with van der Waals surface area (Å²) < 4.78 is 0. The third-order valence-corrected chi connectivity index (χ3v) is 4.46. The van der Waals surface area contributed by atoms with Gasteiger partial charge in [-0.1, -0.05) is 32.6 Å². The average Bonchev–Trinajstić information content (AvgIpc) is 2.91. The van der Waals surface area contributed by atoms with Gasteiger partial charge in [-0.3, -0.25) is 4.79 Å². The third-order valence-electron chi connectivity index (χ3n) is 4.46. The highest BCUT2D eigenvalue weighted by Gasteiger charge is 2.25. The third kappa shape index (κ3) is 5.52. The Kier molecular flexibility index (Phi) is 8.11. The van der Waals surface area contributed by atoms with E-state index >= 15 is 0 Å². The summed E-state index contributed by atoms with van der Waals surface area (Å²) in [5, 5.41) is 0. The molecule has 3 heteroatoms. The predicted octanol–water partition coefficient (Wildman–Crippen LogP) is 3.32. The lowest BCUT2D eigenvalue weighted by Crippen LogP contribution is -2.38. The highest BCUT2D eigenvalue weighted by atomic mass is 16.2. The molecule has 1 unspecified atom stereocenters. The van der Waals surface area contributed by atoms with Crippen molar-refractivity contribution in [2.24, 2.45) is 11.7 Å². The van der Waals surface area contributed by atoms with Crippen LogP contribution in [0.2, 0.25) is 0 Å². The minimum Gasteiger partial charge on any atom is -0.340 e. The molecule has 0 saturated heterocycles. The lowest BCUT2D eigenvalue weighted by Gasteiger charge is -2.28. The van der Waals surface area contributed by atoms with Crippen LogP contribution in [0, 0.1) is 5.92 Å². The maximum absolute atomic E-state index is 12.4. The van der Waals surface area contributed by atoms with Crippen LogP contribution >= 0.6 is 0 Å². The number of nitrogens with two attached hydrogens (primary N) is 1. The first kappa shape index (κ1) is 16.5. The van der Waals surface area contributed by atoms with Crippen molar-refractivity contribution in [3.63, 3.8) is 0 Å². The quantitative estimate of drug-likeness (QED) is 0.697. The molecule has 1 fully saturated rings. The number of amides is 1. The predicted molar refractivity (Wildman–Crippen MR) is 80.9 cm³/mol. The molecule has 19 heavy (non-hydrogen) atoms. The van der Waals surface area contributed by atoms with Gasteiger partial charge in [0.05, 0.1) is 0 Å². The van der Waals surface area contributed by atoms with Crippen LogP contribution in [0.4, 0.5) is 0 Å². The number of hydrogen-bond acceptors (Lipinski definition) is 2. The van der Waals surface area contributed by atoms with Gasteiger partial charge < -0.3 is 10.6 Å². The van der Waals surface area contributed by atoms with E-state index < -0.39 is 0 Å². The van der Waals surface area contributed by atoms with Crippen molar-refractivity contribution >= 4 is 5.91 Å². The van der Waals surface area contributed by atoms with Gasteiger partial charge >= 0.3 is 0 Å². The molecule has 3 nitrogen and oxygen atoms in total. The van der Waals surface area contributed by atoms with Crippen LogP contribution < -0.4 is 5.73 Å². The zero-order valence-corrected chi connectivity index (χ0v) is 12.9. The Morgan fingerprint density at radius 3 is 2.42 bits per heavy atom. The molecule has 1 atom stereocenters. The van der Waals surface area contributed by atoms with E-state index in [0.29, 0.717) is 17.9 Å². The van der Waals surface area contributed by atoms with E-state index in [1.807, 2.05) is 0 Å². The van der Waals surface area contributed by atoms with E-state index in [-0.39, 0.29) is 0 Å². The first-order chi connectivity index (χ1) is 9.22. The van der Waals surface area contributed by atoms with E-state index in [1.165, 1.54) is 38.5 Å². The first-order valence-electron chi connectivity index (χ1n) is 8.22. The van der Waals surface area contributed by atoms with Crippen LogP contribution in [-0.4, -0.2) is 29.9 Å². The van der Waals surface area contributed by atoms with Gasteiger partial charge in [0.2, 0.25) is 5.91 Å². The van der Waals surface area contributed by atoms with Crippen molar-refractivity contribution in [1.82, 2.24) is 4.90 Å². The van der Waals surface area contributed by atoms with Gasteiger partial charge in [-0.05, 0) is 45.1 Å². The Hall–Kier alpha value is -0.570. The van der Waals surface area contributed by atoms with Gasteiger partial charge in [0.25, 0.3) is 0 Å². The molecule has 0 aromatic heterocycles. The lowest BCUT2D eigenvalue weighted by molar-refractivity contribution is -0.133. The summed E-state index contributed by atoms with van der Waals surface area (Å²) in [5.74, 6) is 1.01. The Balaban J connectivity index is 2.38. The molecule has 0 aromatic rings. The van der Waals surface area contributed by atoms with E-state index in [2.05, 4.69) is 18.7 Å². The number of carbonyl (C=O) groups is 1. The van der Waals surface area contributed by atoms with E-state index in [9.17, 15) is 4.79 Å². The second-order valence-electron chi connectivity index (χ2n) is 5.89. The van der Waals surface area contributed by atoms with Gasteiger partial charge in [-0.2, -0.15) is 0 Å². The minimum atomic E-state index is 0.368. The fourth-order valence-corrected chi connectivity index (χ4v) is 3.40. The lowest BCUT2D eigenvalue weighted by atomic mass is 9.94. The zero-order chi connectivity index (χ0) is 14.1. The molecule has 1 aliphatic rings. The van der Waals surface area contributed by atoms with Crippen molar-refractivity contribution < 1.29 is 4.79 Å². The van der Waals surface area contributed by atoms with E-state index in [0.717, 1.165) is 32.4 Å².